The first-order chi connectivity index (χ1) is 10.7. The number of amides is 1. The fourth-order valence-corrected chi connectivity index (χ4v) is 3.52. The quantitative estimate of drug-likeness (QED) is 0.728. The van der Waals surface area contributed by atoms with Crippen LogP contribution in [-0.4, -0.2) is 49.4 Å². The highest BCUT2D eigenvalue weighted by molar-refractivity contribution is 7.91. The lowest BCUT2D eigenvalue weighted by Crippen LogP contribution is -2.47. The minimum Gasteiger partial charge on any atom is -0.481 e. The van der Waals surface area contributed by atoms with E-state index in [4.69, 9.17) is 4.74 Å². The predicted octanol–water partition coefficient (Wildman–Crippen LogP) is 2.43. The molecule has 0 aromatic heterocycles. The lowest BCUT2D eigenvalue weighted by atomic mass is 10.2. The number of benzene rings is 1. The Bertz CT molecular complexity index is 610. The Morgan fingerprint density at radius 3 is 2.22 bits per heavy atom. The Hall–Kier alpha value is -1.56. The number of rotatable bonds is 8. The number of aryl methyl sites for hydroxylation is 1. The second kappa shape index (κ2) is 8.34. The van der Waals surface area contributed by atoms with E-state index < -0.39 is 15.9 Å². The Morgan fingerprint density at radius 2 is 1.74 bits per heavy atom. The number of hydrogen-bond acceptors (Lipinski definition) is 4. The molecule has 0 aliphatic heterocycles. The molecule has 0 aliphatic carbocycles. The number of nitrogens with zero attached hydrogens (tertiary/aromatic N) is 1. The maximum absolute atomic E-state index is 12.6. The summed E-state index contributed by atoms with van der Waals surface area (Å²) in [5.74, 6) is 0.479. The number of likely N-dealkylation sites (N-methyl/N-ethyl adjacent to an activating group) is 1. The van der Waals surface area contributed by atoms with E-state index >= 15 is 0 Å². The third-order valence-electron chi connectivity index (χ3n) is 3.77. The summed E-state index contributed by atoms with van der Waals surface area (Å²) in [7, 11) is -3.13. The summed E-state index contributed by atoms with van der Waals surface area (Å²) in [6, 6.07) is 7.10. The summed E-state index contributed by atoms with van der Waals surface area (Å²) in [6.07, 6.45) is -0.663. The first kappa shape index (κ1) is 19.5. The Morgan fingerprint density at radius 1 is 1.17 bits per heavy atom. The number of hydrogen-bond donors (Lipinski definition) is 0. The van der Waals surface area contributed by atoms with E-state index in [0.29, 0.717) is 12.3 Å². The van der Waals surface area contributed by atoms with Gasteiger partial charge in [0.25, 0.3) is 5.91 Å². The highest BCUT2D eigenvalue weighted by Gasteiger charge is 2.27. The molecule has 0 radical (unpaired) electrons. The summed E-state index contributed by atoms with van der Waals surface area (Å²) >= 11 is 0. The number of ether oxygens (including phenoxy) is 1. The van der Waals surface area contributed by atoms with Crippen molar-refractivity contribution in [1.82, 2.24) is 4.90 Å². The van der Waals surface area contributed by atoms with Gasteiger partial charge in [0.05, 0.1) is 5.75 Å². The van der Waals surface area contributed by atoms with Crippen molar-refractivity contribution < 1.29 is 17.9 Å². The third kappa shape index (κ3) is 5.86. The molecule has 5 nitrogen and oxygen atoms in total. The smallest absolute Gasteiger partial charge is 0.263 e. The van der Waals surface area contributed by atoms with Crippen molar-refractivity contribution in [2.45, 2.75) is 46.8 Å². The average Bonchev–Trinajstić information content (AvgIpc) is 2.49. The van der Waals surface area contributed by atoms with E-state index in [1.807, 2.05) is 38.1 Å². The van der Waals surface area contributed by atoms with Gasteiger partial charge in [0.2, 0.25) is 0 Å². The molecule has 1 aromatic carbocycles. The van der Waals surface area contributed by atoms with Crippen LogP contribution in [0.5, 0.6) is 5.75 Å². The van der Waals surface area contributed by atoms with Crippen LogP contribution in [0.2, 0.25) is 0 Å². The molecule has 0 saturated heterocycles. The topological polar surface area (TPSA) is 63.7 Å². The molecule has 23 heavy (non-hydrogen) atoms. The molecule has 1 aromatic rings. The highest BCUT2D eigenvalue weighted by Crippen LogP contribution is 2.15. The summed E-state index contributed by atoms with van der Waals surface area (Å²) in [4.78, 5) is 14.1. The van der Waals surface area contributed by atoms with Crippen LogP contribution in [-0.2, 0) is 14.6 Å². The van der Waals surface area contributed by atoms with Gasteiger partial charge >= 0.3 is 0 Å². The molecule has 0 spiro atoms. The Kier molecular flexibility index (Phi) is 7.06. The van der Waals surface area contributed by atoms with Crippen molar-refractivity contribution in [2.75, 3.05) is 18.1 Å². The molecular weight excluding hydrogens is 314 g/mol. The first-order valence-electron chi connectivity index (χ1n) is 7.94. The zero-order valence-corrected chi connectivity index (χ0v) is 15.4. The predicted molar refractivity (Wildman–Crippen MR) is 92.4 cm³/mol. The van der Waals surface area contributed by atoms with E-state index in [1.165, 1.54) is 0 Å². The van der Waals surface area contributed by atoms with Crippen molar-refractivity contribution in [1.29, 1.82) is 0 Å². The van der Waals surface area contributed by atoms with Gasteiger partial charge in [-0.2, -0.15) is 0 Å². The van der Waals surface area contributed by atoms with Crippen LogP contribution in [0, 0.1) is 6.92 Å². The van der Waals surface area contributed by atoms with Gasteiger partial charge in [0.1, 0.15) is 5.75 Å². The third-order valence-corrected chi connectivity index (χ3v) is 5.64. The van der Waals surface area contributed by atoms with Crippen LogP contribution in [0.1, 0.15) is 33.3 Å². The molecule has 0 heterocycles. The maximum atomic E-state index is 12.6. The number of sulfone groups is 1. The normalized spacial score (nSPS) is 14.1. The molecule has 0 fully saturated rings. The Labute approximate surface area is 139 Å². The van der Waals surface area contributed by atoms with Crippen molar-refractivity contribution in [3.63, 3.8) is 0 Å². The molecule has 2 atom stereocenters. The summed E-state index contributed by atoms with van der Waals surface area (Å²) < 4.78 is 29.2. The molecule has 0 N–H and O–H groups in total. The van der Waals surface area contributed by atoms with Crippen LogP contribution in [0.25, 0.3) is 0 Å². The van der Waals surface area contributed by atoms with Crippen LogP contribution in [0.3, 0.4) is 0 Å². The zero-order valence-electron chi connectivity index (χ0n) is 14.6. The molecular formula is C17H27NO4S. The lowest BCUT2D eigenvalue weighted by molar-refractivity contribution is -0.139. The summed E-state index contributed by atoms with van der Waals surface area (Å²) in [5, 5.41) is 0. The average molecular weight is 341 g/mol. The summed E-state index contributed by atoms with van der Waals surface area (Å²) in [5.41, 5.74) is 1.12. The minimum absolute atomic E-state index is 0.0274. The van der Waals surface area contributed by atoms with Crippen LogP contribution < -0.4 is 4.74 Å². The molecule has 0 unspecified atom stereocenters. The van der Waals surface area contributed by atoms with Crippen LogP contribution in [0.15, 0.2) is 24.3 Å². The minimum atomic E-state index is -3.13. The monoisotopic (exact) mass is 341 g/mol. The van der Waals surface area contributed by atoms with Gasteiger partial charge in [-0.25, -0.2) is 8.42 Å². The van der Waals surface area contributed by atoms with Gasteiger partial charge < -0.3 is 9.64 Å². The number of carbonyl (C=O) groups is 1. The fourth-order valence-electron chi connectivity index (χ4n) is 2.36. The van der Waals surface area contributed by atoms with Crippen molar-refractivity contribution in [3.8, 4) is 5.75 Å². The Balaban J connectivity index is 2.76. The fraction of sp³-hybridized carbons (Fsp3) is 0.588. The summed E-state index contributed by atoms with van der Waals surface area (Å²) in [6.45, 7) is 9.32. The van der Waals surface area contributed by atoms with E-state index in [1.54, 1.807) is 25.7 Å². The molecule has 130 valence electrons. The first-order valence-corrected chi connectivity index (χ1v) is 9.76. The van der Waals surface area contributed by atoms with Gasteiger partial charge in [-0.1, -0.05) is 24.6 Å². The van der Waals surface area contributed by atoms with E-state index in [0.717, 1.165) is 5.56 Å². The molecule has 0 aliphatic rings. The van der Waals surface area contributed by atoms with Gasteiger partial charge in [0.15, 0.2) is 15.9 Å². The molecule has 1 rings (SSSR count). The van der Waals surface area contributed by atoms with Crippen molar-refractivity contribution in [3.05, 3.63) is 29.8 Å². The lowest BCUT2D eigenvalue weighted by Gasteiger charge is -2.30. The van der Waals surface area contributed by atoms with E-state index in [-0.39, 0.29) is 23.5 Å². The second-order valence-corrected chi connectivity index (χ2v) is 8.14. The van der Waals surface area contributed by atoms with E-state index in [2.05, 4.69) is 0 Å². The maximum Gasteiger partial charge on any atom is 0.263 e. The largest absolute Gasteiger partial charge is 0.481 e. The number of carbonyl (C=O) groups excluding carboxylic acids is 1. The van der Waals surface area contributed by atoms with E-state index in [9.17, 15) is 13.2 Å². The van der Waals surface area contributed by atoms with Crippen molar-refractivity contribution >= 4 is 15.7 Å². The standard InChI is InChI=1S/C17H27NO4S/c1-6-18(14(4)12-23(20,21)7-2)17(19)15(5)22-16-10-8-13(3)9-11-16/h8-11,14-15H,6-7,12H2,1-5H3/t14-,15-/m1/s1. The molecule has 0 saturated carbocycles. The van der Waals surface area contributed by atoms with Gasteiger partial charge in [-0.05, 0) is 39.8 Å². The zero-order chi connectivity index (χ0) is 17.6. The highest BCUT2D eigenvalue weighted by atomic mass is 32.2. The van der Waals surface area contributed by atoms with Crippen LogP contribution in [0.4, 0.5) is 0 Å². The second-order valence-electron chi connectivity index (χ2n) is 5.75. The molecule has 1 amide bonds. The van der Waals surface area contributed by atoms with Crippen LogP contribution >= 0.6 is 0 Å². The SMILES string of the molecule is CCN(C(=O)[C@@H](C)Oc1ccc(C)cc1)[C@H](C)CS(=O)(=O)CC. The van der Waals surface area contributed by atoms with Crippen molar-refractivity contribution in [2.24, 2.45) is 0 Å². The van der Waals surface area contributed by atoms with Gasteiger partial charge in [0, 0.05) is 18.3 Å². The van der Waals surface area contributed by atoms with Gasteiger partial charge in [-0.3, -0.25) is 4.79 Å². The molecule has 0 bridgehead atoms. The molecule has 6 heteroatoms. The van der Waals surface area contributed by atoms with Gasteiger partial charge in [-0.15, -0.1) is 0 Å².